The Hall–Kier alpha value is -3.71. The van der Waals surface area contributed by atoms with E-state index in [4.69, 9.17) is 9.16 Å². The fraction of sp³-hybridized carbons (Fsp3) is 0.417. The largest absolute Gasteiger partial charge is 0.517 e. The fourth-order valence-electron chi connectivity index (χ4n) is 5.19. The molecule has 3 aromatic carbocycles. The van der Waals surface area contributed by atoms with Crippen molar-refractivity contribution in [3.8, 4) is 0 Å². The normalized spacial score (nSPS) is 13.5. The molecule has 0 heterocycles. The number of carbonyl (C=O) groups excluding carboxylic acids is 3. The minimum Gasteiger partial charge on any atom is -0.517 e. The van der Waals surface area contributed by atoms with E-state index in [2.05, 4.69) is 53.4 Å². The maximum atomic E-state index is 14.0. The molecule has 0 aliphatic heterocycles. The molecule has 0 aliphatic carbocycles. The zero-order chi connectivity index (χ0) is 31.7. The Morgan fingerprint density at radius 3 is 1.60 bits per heavy atom. The average molecular weight is 602 g/mol. The average Bonchev–Trinajstić information content (AvgIpc) is 2.95. The van der Waals surface area contributed by atoms with Gasteiger partial charge in [0.2, 0.25) is 5.91 Å². The smallest absolute Gasteiger partial charge is 0.315 e. The quantitative estimate of drug-likeness (QED) is 0.173. The summed E-state index contributed by atoms with van der Waals surface area (Å²) in [4.78, 5) is 40.8. The zero-order valence-electron chi connectivity index (χ0n) is 26.7. The standard InChI is InChI=1S/C36H47NO5Si/c1-35(2,3)43(7,36(4,5)6)42-34(40)31(24-28-19-13-9-14-20-28)37-33(39)30(23-27-17-11-8-12-18-27)25-32(38)41-26-29-21-15-10-16-22-29/h8-22,30-31H,23-26H2,1-7H3,(H,37,39)/t30-,31+/m1/s1. The van der Waals surface area contributed by atoms with E-state index in [9.17, 15) is 14.4 Å². The van der Waals surface area contributed by atoms with E-state index < -0.39 is 32.2 Å². The van der Waals surface area contributed by atoms with Gasteiger partial charge in [0.25, 0.3) is 8.32 Å². The SMILES string of the molecule is CC(C)(C)[Si](C)(OC(=O)[C@H](Cc1ccccc1)NC(=O)[C@@H](CC(=O)OCc1ccccc1)Cc1ccccc1)C(C)(C)C. The molecule has 230 valence electrons. The lowest BCUT2D eigenvalue weighted by Crippen LogP contribution is -2.56. The number of hydrogen-bond donors (Lipinski definition) is 1. The second-order valence-electron chi connectivity index (χ2n) is 13.4. The Bertz CT molecular complexity index is 1320. The van der Waals surface area contributed by atoms with Crippen molar-refractivity contribution in [1.29, 1.82) is 0 Å². The molecule has 0 radical (unpaired) electrons. The third-order valence-electron chi connectivity index (χ3n) is 8.40. The third kappa shape index (κ3) is 9.65. The summed E-state index contributed by atoms with van der Waals surface area (Å²) in [6.45, 7) is 14.9. The van der Waals surface area contributed by atoms with Crippen LogP contribution in [0.25, 0.3) is 0 Å². The van der Waals surface area contributed by atoms with Crippen LogP contribution >= 0.6 is 0 Å². The van der Waals surface area contributed by atoms with Crippen molar-refractivity contribution in [2.45, 2.75) is 90.1 Å². The maximum absolute atomic E-state index is 14.0. The molecule has 1 N–H and O–H groups in total. The number of nitrogens with one attached hydrogen (secondary N) is 1. The molecule has 2 atom stereocenters. The van der Waals surface area contributed by atoms with Gasteiger partial charge >= 0.3 is 11.9 Å². The van der Waals surface area contributed by atoms with Crippen molar-refractivity contribution in [1.82, 2.24) is 5.32 Å². The summed E-state index contributed by atoms with van der Waals surface area (Å²) in [6, 6.07) is 27.7. The Kier molecular flexibility index (Phi) is 11.5. The Morgan fingerprint density at radius 1 is 0.698 bits per heavy atom. The second-order valence-corrected chi connectivity index (χ2v) is 18.7. The zero-order valence-corrected chi connectivity index (χ0v) is 27.7. The molecule has 43 heavy (non-hydrogen) atoms. The number of benzene rings is 3. The fourth-order valence-corrected chi connectivity index (χ4v) is 8.60. The molecule has 7 heteroatoms. The van der Waals surface area contributed by atoms with Gasteiger partial charge in [0.1, 0.15) is 12.6 Å². The monoisotopic (exact) mass is 601 g/mol. The van der Waals surface area contributed by atoms with E-state index in [0.717, 1.165) is 16.7 Å². The summed E-state index contributed by atoms with van der Waals surface area (Å²) in [6.07, 6.45) is 0.495. The number of esters is 1. The van der Waals surface area contributed by atoms with Gasteiger partial charge in [-0.2, -0.15) is 0 Å². The molecule has 0 saturated heterocycles. The van der Waals surface area contributed by atoms with E-state index in [-0.39, 0.29) is 35.4 Å². The van der Waals surface area contributed by atoms with Crippen molar-refractivity contribution in [2.24, 2.45) is 5.92 Å². The van der Waals surface area contributed by atoms with Gasteiger partial charge in [-0.1, -0.05) is 133 Å². The molecule has 6 nitrogen and oxygen atoms in total. The van der Waals surface area contributed by atoms with Gasteiger partial charge in [0.05, 0.1) is 12.3 Å². The summed E-state index contributed by atoms with van der Waals surface area (Å²) in [5, 5.41) is 2.52. The maximum Gasteiger partial charge on any atom is 0.315 e. The van der Waals surface area contributed by atoms with Crippen LogP contribution in [-0.4, -0.2) is 32.2 Å². The lowest BCUT2D eigenvalue weighted by atomic mass is 9.94. The van der Waals surface area contributed by atoms with Crippen LogP contribution in [0.5, 0.6) is 0 Å². The van der Waals surface area contributed by atoms with Crippen molar-refractivity contribution in [3.63, 3.8) is 0 Å². The lowest BCUT2D eigenvalue weighted by Gasteiger charge is -2.48. The summed E-state index contributed by atoms with van der Waals surface area (Å²) < 4.78 is 12.0. The Morgan fingerprint density at radius 2 is 1.14 bits per heavy atom. The highest BCUT2D eigenvalue weighted by Crippen LogP contribution is 2.51. The number of ether oxygens (including phenoxy) is 1. The van der Waals surface area contributed by atoms with Crippen LogP contribution in [0.4, 0.5) is 0 Å². The number of rotatable bonds is 12. The van der Waals surface area contributed by atoms with Crippen molar-refractivity contribution in [3.05, 3.63) is 108 Å². The molecule has 1 amide bonds. The number of hydrogen-bond acceptors (Lipinski definition) is 5. The van der Waals surface area contributed by atoms with Gasteiger partial charge in [-0.3, -0.25) is 14.4 Å². The van der Waals surface area contributed by atoms with Gasteiger partial charge < -0.3 is 14.5 Å². The topological polar surface area (TPSA) is 81.7 Å². The van der Waals surface area contributed by atoms with Crippen LogP contribution in [0.1, 0.15) is 64.7 Å². The van der Waals surface area contributed by atoms with Crippen molar-refractivity contribution < 1.29 is 23.5 Å². The first-order valence-electron chi connectivity index (χ1n) is 15.0. The predicted octanol–water partition coefficient (Wildman–Crippen LogP) is 7.43. The highest BCUT2D eigenvalue weighted by Gasteiger charge is 2.54. The summed E-state index contributed by atoms with van der Waals surface area (Å²) in [5.41, 5.74) is 2.69. The van der Waals surface area contributed by atoms with Crippen LogP contribution in [0.2, 0.25) is 16.6 Å². The van der Waals surface area contributed by atoms with Crippen LogP contribution in [0.15, 0.2) is 91.0 Å². The minimum absolute atomic E-state index is 0.114. The van der Waals surface area contributed by atoms with Crippen molar-refractivity contribution in [2.75, 3.05) is 0 Å². The van der Waals surface area contributed by atoms with Crippen LogP contribution in [0.3, 0.4) is 0 Å². The lowest BCUT2D eigenvalue weighted by molar-refractivity contribution is -0.148. The van der Waals surface area contributed by atoms with Crippen LogP contribution in [0, 0.1) is 5.92 Å². The molecular formula is C36H47NO5Si. The summed E-state index contributed by atoms with van der Waals surface area (Å²) in [7, 11) is -2.68. The molecule has 0 aromatic heterocycles. The van der Waals surface area contributed by atoms with Gasteiger partial charge in [-0.25, -0.2) is 0 Å². The first kappa shape index (κ1) is 33.8. The molecule has 0 fully saturated rings. The van der Waals surface area contributed by atoms with E-state index in [1.807, 2.05) is 91.0 Å². The Balaban J connectivity index is 1.86. The highest BCUT2D eigenvalue weighted by molar-refractivity contribution is 6.79. The van der Waals surface area contributed by atoms with Gasteiger partial charge in [-0.15, -0.1) is 0 Å². The van der Waals surface area contributed by atoms with E-state index in [0.29, 0.717) is 6.42 Å². The first-order valence-corrected chi connectivity index (χ1v) is 17.4. The second kappa shape index (κ2) is 14.6. The molecular weight excluding hydrogens is 554 g/mol. The molecule has 3 rings (SSSR count). The van der Waals surface area contributed by atoms with E-state index in [1.54, 1.807) is 0 Å². The van der Waals surface area contributed by atoms with E-state index in [1.165, 1.54) is 0 Å². The van der Waals surface area contributed by atoms with Gasteiger partial charge in [0.15, 0.2) is 0 Å². The van der Waals surface area contributed by atoms with E-state index >= 15 is 0 Å². The molecule has 0 saturated carbocycles. The molecule has 3 aromatic rings. The predicted molar refractivity (Wildman–Crippen MR) is 174 cm³/mol. The summed E-state index contributed by atoms with van der Waals surface area (Å²) >= 11 is 0. The molecule has 0 unspecified atom stereocenters. The Labute approximate surface area is 258 Å². The third-order valence-corrected chi connectivity index (χ3v) is 14.7. The summed E-state index contributed by atoms with van der Waals surface area (Å²) in [5.74, 6) is -2.03. The van der Waals surface area contributed by atoms with Crippen molar-refractivity contribution >= 4 is 26.2 Å². The van der Waals surface area contributed by atoms with Gasteiger partial charge in [0, 0.05) is 6.42 Å². The first-order chi connectivity index (χ1) is 20.2. The highest BCUT2D eigenvalue weighted by atomic mass is 28.4. The van der Waals surface area contributed by atoms with Crippen LogP contribution < -0.4 is 5.32 Å². The molecule has 0 bridgehead atoms. The number of amides is 1. The molecule has 0 aliphatic rings. The number of carbonyl (C=O) groups is 3. The minimum atomic E-state index is -2.68. The van der Waals surface area contributed by atoms with Crippen LogP contribution in [-0.2, 0) is 43.0 Å². The van der Waals surface area contributed by atoms with Gasteiger partial charge in [-0.05, 0) is 39.7 Å². The molecule has 0 spiro atoms.